The standard InChI is InChI=1S/C17H17N3O4/c1-17(2,3)24-13(21)9-20-14-11(8-18-20)15(22)10-6-4-5-7-12(10)19-16(14)23/h4-8H,9H2,1-3H3,(H,19,23). The van der Waals surface area contributed by atoms with Crippen molar-refractivity contribution in [2.24, 2.45) is 0 Å². The predicted octanol–water partition coefficient (Wildman–Crippen LogP) is 1.58. The number of ether oxygens (including phenoxy) is 1. The minimum absolute atomic E-state index is 0.0575. The van der Waals surface area contributed by atoms with E-state index in [9.17, 15) is 14.4 Å². The quantitative estimate of drug-likeness (QED) is 0.721. The number of hydrogen-bond donors (Lipinski definition) is 1. The molecule has 3 aromatic rings. The lowest BCUT2D eigenvalue weighted by atomic mass is 10.2. The zero-order valence-electron chi connectivity index (χ0n) is 13.6. The molecular weight excluding hydrogens is 310 g/mol. The summed E-state index contributed by atoms with van der Waals surface area (Å²) in [4.78, 5) is 39.8. The minimum Gasteiger partial charge on any atom is -0.459 e. The lowest BCUT2D eigenvalue weighted by Gasteiger charge is -2.19. The Morgan fingerprint density at radius 1 is 1.21 bits per heavy atom. The van der Waals surface area contributed by atoms with Crippen molar-refractivity contribution in [2.75, 3.05) is 0 Å². The first-order valence-electron chi connectivity index (χ1n) is 7.49. The summed E-state index contributed by atoms with van der Waals surface area (Å²) in [7, 11) is 0. The van der Waals surface area contributed by atoms with Gasteiger partial charge in [0.2, 0.25) is 0 Å². The SMILES string of the molecule is CC(C)(C)OC(=O)Cn1ncc2c(=O)c3ccccc3[nH]c(=O)c21. The molecule has 0 unspecified atom stereocenters. The molecule has 0 fully saturated rings. The molecule has 2 heterocycles. The lowest BCUT2D eigenvalue weighted by molar-refractivity contribution is -0.155. The van der Waals surface area contributed by atoms with E-state index in [-0.39, 0.29) is 22.9 Å². The highest BCUT2D eigenvalue weighted by Gasteiger charge is 2.19. The summed E-state index contributed by atoms with van der Waals surface area (Å²) in [6, 6.07) is 6.75. The molecule has 1 N–H and O–H groups in total. The van der Waals surface area contributed by atoms with Gasteiger partial charge in [0.15, 0.2) is 5.43 Å². The maximum absolute atomic E-state index is 12.6. The largest absolute Gasteiger partial charge is 0.459 e. The van der Waals surface area contributed by atoms with Gasteiger partial charge in [0.05, 0.1) is 17.1 Å². The van der Waals surface area contributed by atoms with Crippen molar-refractivity contribution in [2.45, 2.75) is 32.9 Å². The fourth-order valence-corrected chi connectivity index (χ4v) is 2.52. The van der Waals surface area contributed by atoms with Crippen LogP contribution in [-0.2, 0) is 16.1 Å². The number of esters is 1. The maximum Gasteiger partial charge on any atom is 0.328 e. The highest BCUT2D eigenvalue weighted by Crippen LogP contribution is 2.11. The Morgan fingerprint density at radius 2 is 1.92 bits per heavy atom. The zero-order valence-corrected chi connectivity index (χ0v) is 13.6. The van der Waals surface area contributed by atoms with Crippen LogP contribution in [0.3, 0.4) is 0 Å². The number of nitrogens with one attached hydrogen (secondary N) is 1. The smallest absolute Gasteiger partial charge is 0.328 e. The van der Waals surface area contributed by atoms with E-state index in [1.807, 2.05) is 0 Å². The van der Waals surface area contributed by atoms with E-state index >= 15 is 0 Å². The summed E-state index contributed by atoms with van der Waals surface area (Å²) in [5.74, 6) is -0.532. The molecule has 7 nitrogen and oxygen atoms in total. The molecule has 1 aromatic carbocycles. The van der Waals surface area contributed by atoms with Crippen LogP contribution in [0.5, 0.6) is 0 Å². The fraction of sp³-hybridized carbons (Fsp3) is 0.294. The molecule has 0 amide bonds. The van der Waals surface area contributed by atoms with Crippen LogP contribution in [0, 0.1) is 0 Å². The third-order valence-electron chi connectivity index (χ3n) is 3.42. The van der Waals surface area contributed by atoms with Gasteiger partial charge in [-0.1, -0.05) is 12.1 Å². The van der Waals surface area contributed by atoms with Crippen LogP contribution in [0.4, 0.5) is 0 Å². The van der Waals surface area contributed by atoms with Gasteiger partial charge < -0.3 is 9.72 Å². The Kier molecular flexibility index (Phi) is 3.71. The number of rotatable bonds is 2. The van der Waals surface area contributed by atoms with Crippen molar-refractivity contribution >= 4 is 27.8 Å². The van der Waals surface area contributed by atoms with Crippen molar-refractivity contribution in [1.29, 1.82) is 0 Å². The Bertz CT molecular complexity index is 1060. The molecule has 0 saturated heterocycles. The van der Waals surface area contributed by atoms with Crippen LogP contribution < -0.4 is 11.0 Å². The first-order valence-corrected chi connectivity index (χ1v) is 7.49. The fourth-order valence-electron chi connectivity index (χ4n) is 2.52. The van der Waals surface area contributed by atoms with Crippen molar-refractivity contribution in [3.05, 3.63) is 51.0 Å². The van der Waals surface area contributed by atoms with E-state index in [4.69, 9.17) is 4.74 Å². The van der Waals surface area contributed by atoms with E-state index in [0.29, 0.717) is 10.9 Å². The van der Waals surface area contributed by atoms with Gasteiger partial charge in [-0.3, -0.25) is 14.4 Å². The molecule has 0 aliphatic rings. The molecule has 0 bridgehead atoms. The molecular formula is C17H17N3O4. The van der Waals surface area contributed by atoms with Crippen molar-refractivity contribution in [3.8, 4) is 0 Å². The second kappa shape index (κ2) is 5.59. The monoisotopic (exact) mass is 327 g/mol. The summed E-state index contributed by atoms with van der Waals surface area (Å²) < 4.78 is 6.44. The third-order valence-corrected chi connectivity index (χ3v) is 3.42. The van der Waals surface area contributed by atoms with Gasteiger partial charge in [0.1, 0.15) is 17.7 Å². The molecule has 3 rings (SSSR count). The summed E-state index contributed by atoms with van der Waals surface area (Å²) in [6.07, 6.45) is 1.31. The van der Waals surface area contributed by atoms with E-state index in [2.05, 4.69) is 10.1 Å². The molecule has 2 aromatic heterocycles. The van der Waals surface area contributed by atoms with Gasteiger partial charge in [-0.25, -0.2) is 4.68 Å². The second-order valence-corrected chi connectivity index (χ2v) is 6.48. The van der Waals surface area contributed by atoms with Crippen LogP contribution in [-0.4, -0.2) is 26.3 Å². The maximum atomic E-state index is 12.6. The number of para-hydroxylation sites is 1. The molecule has 0 aliphatic carbocycles. The van der Waals surface area contributed by atoms with Gasteiger partial charge >= 0.3 is 5.97 Å². The third kappa shape index (κ3) is 2.92. The first kappa shape index (κ1) is 15.9. The Labute approximate surface area is 136 Å². The number of aromatic amines is 1. The average molecular weight is 327 g/mol. The molecule has 0 saturated carbocycles. The molecule has 0 spiro atoms. The number of carbonyl (C=O) groups excluding carboxylic acids is 1. The van der Waals surface area contributed by atoms with E-state index < -0.39 is 17.1 Å². The van der Waals surface area contributed by atoms with Gasteiger partial charge in [-0.05, 0) is 32.9 Å². The molecule has 0 radical (unpaired) electrons. The summed E-state index contributed by atoms with van der Waals surface area (Å²) in [6.45, 7) is 5.01. The molecule has 0 aliphatic heterocycles. The highest BCUT2D eigenvalue weighted by atomic mass is 16.6. The number of hydrogen-bond acceptors (Lipinski definition) is 5. The van der Waals surface area contributed by atoms with Crippen LogP contribution in [0.25, 0.3) is 21.8 Å². The summed E-state index contributed by atoms with van der Waals surface area (Å²) in [5, 5.41) is 4.58. The Balaban J connectivity index is 2.19. The topological polar surface area (TPSA) is 94.1 Å². The Morgan fingerprint density at radius 3 is 2.62 bits per heavy atom. The molecule has 124 valence electrons. The average Bonchev–Trinajstić information content (AvgIpc) is 2.84. The normalized spacial score (nSPS) is 11.8. The van der Waals surface area contributed by atoms with Gasteiger partial charge in [0, 0.05) is 5.39 Å². The lowest BCUT2D eigenvalue weighted by Crippen LogP contribution is -2.27. The highest BCUT2D eigenvalue weighted by molar-refractivity contribution is 5.89. The minimum atomic E-state index is -0.643. The van der Waals surface area contributed by atoms with E-state index in [0.717, 1.165) is 0 Å². The van der Waals surface area contributed by atoms with Crippen LogP contribution in [0.2, 0.25) is 0 Å². The summed E-state index contributed by atoms with van der Waals surface area (Å²) in [5.41, 5.74) is -0.941. The predicted molar refractivity (Wildman–Crippen MR) is 90.0 cm³/mol. The van der Waals surface area contributed by atoms with Crippen molar-refractivity contribution in [3.63, 3.8) is 0 Å². The van der Waals surface area contributed by atoms with E-state index in [1.165, 1.54) is 10.9 Å². The van der Waals surface area contributed by atoms with Crippen LogP contribution in [0.1, 0.15) is 20.8 Å². The first-order chi connectivity index (χ1) is 11.3. The number of aromatic nitrogens is 3. The van der Waals surface area contributed by atoms with Crippen molar-refractivity contribution in [1.82, 2.24) is 14.8 Å². The van der Waals surface area contributed by atoms with E-state index in [1.54, 1.807) is 45.0 Å². The van der Waals surface area contributed by atoms with Crippen molar-refractivity contribution < 1.29 is 9.53 Å². The van der Waals surface area contributed by atoms with Crippen LogP contribution in [0.15, 0.2) is 40.1 Å². The Hall–Kier alpha value is -2.96. The summed E-state index contributed by atoms with van der Waals surface area (Å²) >= 11 is 0. The number of benzene rings is 1. The molecule has 0 atom stereocenters. The number of H-pyrrole nitrogens is 1. The van der Waals surface area contributed by atoms with Gasteiger partial charge in [-0.15, -0.1) is 0 Å². The van der Waals surface area contributed by atoms with Gasteiger partial charge in [0.25, 0.3) is 5.56 Å². The van der Waals surface area contributed by atoms with Crippen LogP contribution >= 0.6 is 0 Å². The number of carbonyl (C=O) groups is 1. The van der Waals surface area contributed by atoms with Gasteiger partial charge in [-0.2, -0.15) is 5.10 Å². The number of fused-ring (bicyclic) bond motifs is 2. The molecule has 7 heteroatoms. The second-order valence-electron chi connectivity index (χ2n) is 6.48. The number of nitrogens with zero attached hydrogens (tertiary/aromatic N) is 2. The zero-order chi connectivity index (χ0) is 17.5. The molecule has 24 heavy (non-hydrogen) atoms.